The molecular weight excluding hydrogens is 411 g/mol. The summed E-state index contributed by atoms with van der Waals surface area (Å²) >= 11 is 0. The number of hydrogen-bond acceptors (Lipinski definition) is 5. The molecule has 1 atom stereocenters. The van der Waals surface area contributed by atoms with E-state index in [4.69, 9.17) is 4.74 Å². The lowest BCUT2D eigenvalue weighted by atomic mass is 9.95. The number of hydrogen-bond donors (Lipinski definition) is 1. The van der Waals surface area contributed by atoms with Gasteiger partial charge in [0.2, 0.25) is 0 Å². The number of aliphatic hydroxyl groups is 1. The molecule has 0 unspecified atom stereocenters. The highest BCUT2D eigenvalue weighted by atomic mass is 19.1. The molecule has 32 heavy (non-hydrogen) atoms. The molecule has 0 saturated carbocycles. The van der Waals surface area contributed by atoms with Gasteiger partial charge in [-0.05, 0) is 75.4 Å². The van der Waals surface area contributed by atoms with E-state index in [1.807, 2.05) is 38.1 Å². The molecule has 1 aliphatic rings. The second kappa shape index (κ2) is 10.4. The van der Waals surface area contributed by atoms with Crippen LogP contribution in [-0.4, -0.2) is 60.4 Å². The molecule has 0 bridgehead atoms. The zero-order valence-corrected chi connectivity index (χ0v) is 18.7. The monoisotopic (exact) mass is 440 g/mol. The second-order valence-electron chi connectivity index (χ2n) is 8.08. The van der Waals surface area contributed by atoms with Crippen LogP contribution in [0.3, 0.4) is 0 Å². The van der Waals surface area contributed by atoms with Crippen LogP contribution in [0.1, 0.15) is 36.9 Å². The van der Waals surface area contributed by atoms with Crippen molar-refractivity contribution in [3.05, 3.63) is 71.0 Å². The Hall–Kier alpha value is -3.19. The van der Waals surface area contributed by atoms with Crippen molar-refractivity contribution >= 4 is 17.4 Å². The Balaban J connectivity index is 2.07. The minimum absolute atomic E-state index is 0.000831. The van der Waals surface area contributed by atoms with Gasteiger partial charge in [-0.2, -0.15) is 0 Å². The van der Waals surface area contributed by atoms with Crippen LogP contribution in [0.4, 0.5) is 4.39 Å². The number of carbonyl (C=O) groups excluding carboxylic acids is 2. The maximum atomic E-state index is 13.4. The number of amides is 1. The number of Topliss-reactive ketones (excluding diaryl/α,β-unsaturated/α-hetero) is 1. The third kappa shape index (κ3) is 5.16. The molecule has 1 N–H and O–H groups in total. The summed E-state index contributed by atoms with van der Waals surface area (Å²) in [5.41, 5.74) is 0.950. The van der Waals surface area contributed by atoms with Gasteiger partial charge < -0.3 is 19.6 Å². The van der Waals surface area contributed by atoms with Gasteiger partial charge in [-0.25, -0.2) is 4.39 Å². The van der Waals surface area contributed by atoms with Gasteiger partial charge in [-0.3, -0.25) is 9.59 Å². The first kappa shape index (κ1) is 23.5. The molecule has 1 saturated heterocycles. The molecule has 1 fully saturated rings. The SMILES string of the molecule is CCCOc1cccc([C@H]2/C(=C(\O)c3ccc(F)cc3)C(=O)C(=O)N2CCCN(C)C)c1. The van der Waals surface area contributed by atoms with E-state index < -0.39 is 23.5 Å². The van der Waals surface area contributed by atoms with E-state index in [1.165, 1.54) is 29.2 Å². The van der Waals surface area contributed by atoms with Crippen molar-refractivity contribution in [3.8, 4) is 5.75 Å². The fraction of sp³-hybridized carbons (Fsp3) is 0.360. The number of likely N-dealkylation sites (tertiary alicyclic amines) is 1. The van der Waals surface area contributed by atoms with Crippen LogP contribution in [0, 0.1) is 5.82 Å². The maximum Gasteiger partial charge on any atom is 0.295 e. The highest BCUT2D eigenvalue weighted by Gasteiger charge is 2.45. The third-order valence-corrected chi connectivity index (χ3v) is 5.31. The summed E-state index contributed by atoms with van der Waals surface area (Å²) in [6.07, 6.45) is 1.51. The van der Waals surface area contributed by atoms with Gasteiger partial charge in [0.05, 0.1) is 18.2 Å². The number of ketones is 1. The zero-order valence-electron chi connectivity index (χ0n) is 18.7. The summed E-state index contributed by atoms with van der Waals surface area (Å²) in [5.74, 6) is -1.55. The van der Waals surface area contributed by atoms with Crippen LogP contribution >= 0.6 is 0 Å². The fourth-order valence-corrected chi connectivity index (χ4v) is 3.77. The zero-order chi connectivity index (χ0) is 23.3. The van der Waals surface area contributed by atoms with Gasteiger partial charge in [0.1, 0.15) is 17.3 Å². The quantitative estimate of drug-likeness (QED) is 0.363. The summed E-state index contributed by atoms with van der Waals surface area (Å²) in [5, 5.41) is 11.0. The second-order valence-corrected chi connectivity index (χ2v) is 8.08. The molecule has 3 rings (SSSR count). The van der Waals surface area contributed by atoms with Crippen molar-refractivity contribution in [2.45, 2.75) is 25.8 Å². The Labute approximate surface area is 187 Å². The first-order chi connectivity index (χ1) is 15.3. The van der Waals surface area contributed by atoms with E-state index in [2.05, 4.69) is 0 Å². The predicted molar refractivity (Wildman–Crippen MR) is 121 cm³/mol. The summed E-state index contributed by atoms with van der Waals surface area (Å²) in [6.45, 7) is 3.65. The molecule has 1 heterocycles. The fourth-order valence-electron chi connectivity index (χ4n) is 3.77. The Morgan fingerprint density at radius 3 is 2.53 bits per heavy atom. The lowest BCUT2D eigenvalue weighted by Gasteiger charge is -2.26. The molecule has 0 spiro atoms. The van der Waals surface area contributed by atoms with Crippen molar-refractivity contribution < 1.29 is 23.8 Å². The van der Waals surface area contributed by atoms with E-state index in [-0.39, 0.29) is 16.9 Å². The topological polar surface area (TPSA) is 70.1 Å². The average Bonchev–Trinajstić information content (AvgIpc) is 3.02. The average molecular weight is 441 g/mol. The maximum absolute atomic E-state index is 13.4. The summed E-state index contributed by atoms with van der Waals surface area (Å²) in [4.78, 5) is 29.5. The van der Waals surface area contributed by atoms with Gasteiger partial charge in [-0.1, -0.05) is 19.1 Å². The Bertz CT molecular complexity index is 1000. The first-order valence-electron chi connectivity index (χ1n) is 10.7. The van der Waals surface area contributed by atoms with Crippen molar-refractivity contribution in [1.82, 2.24) is 9.80 Å². The van der Waals surface area contributed by atoms with Crippen LogP contribution in [-0.2, 0) is 9.59 Å². The molecule has 2 aromatic carbocycles. The van der Waals surface area contributed by atoms with Crippen LogP contribution in [0.2, 0.25) is 0 Å². The van der Waals surface area contributed by atoms with Crippen molar-refractivity contribution in [1.29, 1.82) is 0 Å². The van der Waals surface area contributed by atoms with Gasteiger partial charge in [-0.15, -0.1) is 0 Å². The lowest BCUT2D eigenvalue weighted by Crippen LogP contribution is -2.32. The van der Waals surface area contributed by atoms with Crippen LogP contribution in [0.25, 0.3) is 5.76 Å². The summed E-state index contributed by atoms with van der Waals surface area (Å²) < 4.78 is 19.1. The Kier molecular flexibility index (Phi) is 7.64. The van der Waals surface area contributed by atoms with Crippen LogP contribution < -0.4 is 4.74 Å². The molecule has 7 heteroatoms. The third-order valence-electron chi connectivity index (χ3n) is 5.31. The van der Waals surface area contributed by atoms with E-state index in [1.54, 1.807) is 12.1 Å². The minimum atomic E-state index is -0.757. The highest BCUT2D eigenvalue weighted by Crippen LogP contribution is 2.40. The number of benzene rings is 2. The van der Waals surface area contributed by atoms with Crippen molar-refractivity contribution in [2.24, 2.45) is 0 Å². The number of rotatable bonds is 9. The number of halogens is 1. The molecule has 2 aromatic rings. The number of carbonyl (C=O) groups is 2. The van der Waals surface area contributed by atoms with Gasteiger partial charge in [0, 0.05) is 12.1 Å². The van der Waals surface area contributed by atoms with Gasteiger partial charge in [0.15, 0.2) is 0 Å². The summed E-state index contributed by atoms with van der Waals surface area (Å²) in [7, 11) is 3.88. The molecule has 170 valence electrons. The van der Waals surface area contributed by atoms with Gasteiger partial charge in [0.25, 0.3) is 11.7 Å². The van der Waals surface area contributed by atoms with E-state index >= 15 is 0 Å². The van der Waals surface area contributed by atoms with Crippen molar-refractivity contribution in [3.63, 3.8) is 0 Å². The van der Waals surface area contributed by atoms with Crippen LogP contribution in [0.15, 0.2) is 54.1 Å². The van der Waals surface area contributed by atoms with Gasteiger partial charge >= 0.3 is 0 Å². The largest absolute Gasteiger partial charge is 0.507 e. The number of nitrogens with zero attached hydrogens (tertiary/aromatic N) is 2. The van der Waals surface area contributed by atoms with Crippen molar-refractivity contribution in [2.75, 3.05) is 33.8 Å². The van der Waals surface area contributed by atoms with Crippen LogP contribution in [0.5, 0.6) is 5.75 Å². The number of aliphatic hydroxyl groups excluding tert-OH is 1. The lowest BCUT2D eigenvalue weighted by molar-refractivity contribution is -0.139. The minimum Gasteiger partial charge on any atom is -0.507 e. The normalized spacial score (nSPS) is 17.9. The summed E-state index contributed by atoms with van der Waals surface area (Å²) in [6, 6.07) is 11.7. The molecule has 1 aliphatic heterocycles. The highest BCUT2D eigenvalue weighted by molar-refractivity contribution is 6.46. The molecule has 0 radical (unpaired) electrons. The smallest absolute Gasteiger partial charge is 0.295 e. The van der Waals surface area contributed by atoms with E-state index in [9.17, 15) is 19.1 Å². The molecule has 6 nitrogen and oxygen atoms in total. The first-order valence-corrected chi connectivity index (χ1v) is 10.7. The number of ether oxygens (including phenoxy) is 1. The molecule has 0 aliphatic carbocycles. The van der Waals surface area contributed by atoms with E-state index in [0.29, 0.717) is 30.9 Å². The standard InChI is InChI=1S/C25H29FN2O4/c1-4-15-32-20-8-5-7-18(16-20)22-21(23(29)17-9-11-19(26)12-10-17)24(30)25(31)28(22)14-6-13-27(2)3/h5,7-12,16,22,29H,4,6,13-15H2,1-3H3/b23-21+/t22-/m0/s1. The Morgan fingerprint density at radius 1 is 1.16 bits per heavy atom. The molecule has 0 aromatic heterocycles. The molecular formula is C25H29FN2O4. The van der Waals surface area contributed by atoms with E-state index in [0.717, 1.165) is 13.0 Å². The predicted octanol–water partition coefficient (Wildman–Crippen LogP) is 3.99. The Morgan fingerprint density at radius 2 is 1.88 bits per heavy atom. The molecule has 1 amide bonds.